The van der Waals surface area contributed by atoms with Crippen molar-refractivity contribution in [1.82, 2.24) is 0 Å². The van der Waals surface area contributed by atoms with Gasteiger partial charge in [0, 0.05) is 28.1 Å². The van der Waals surface area contributed by atoms with E-state index >= 15 is 0 Å². The van der Waals surface area contributed by atoms with Crippen molar-refractivity contribution < 1.29 is 9.90 Å². The predicted octanol–water partition coefficient (Wildman–Crippen LogP) is 7.12. The first-order valence-corrected chi connectivity index (χ1v) is 11.7. The van der Waals surface area contributed by atoms with Crippen molar-refractivity contribution in [3.8, 4) is 5.75 Å². The molecule has 0 spiro atoms. The predicted molar refractivity (Wildman–Crippen MR) is 130 cm³/mol. The van der Waals surface area contributed by atoms with Gasteiger partial charge in [0.25, 0.3) is 0 Å². The van der Waals surface area contributed by atoms with E-state index in [0.717, 1.165) is 45.0 Å². The summed E-state index contributed by atoms with van der Waals surface area (Å²) in [5.41, 5.74) is 4.80. The van der Waals surface area contributed by atoms with Gasteiger partial charge >= 0.3 is 0 Å². The third kappa shape index (κ3) is 6.28. The Balaban J connectivity index is 2.03. The van der Waals surface area contributed by atoms with Crippen LogP contribution < -0.4 is 5.32 Å². The number of amides is 1. The number of hydrogen-bond donors (Lipinski definition) is 2. The molecule has 30 heavy (non-hydrogen) atoms. The first kappa shape index (κ1) is 24.3. The van der Waals surface area contributed by atoms with Crippen molar-refractivity contribution >= 4 is 23.4 Å². The van der Waals surface area contributed by atoms with Gasteiger partial charge in [-0.05, 0) is 60.1 Å². The third-order valence-corrected chi connectivity index (χ3v) is 6.32. The van der Waals surface area contributed by atoms with Crippen LogP contribution in [0.5, 0.6) is 5.75 Å². The average Bonchev–Trinajstić information content (AvgIpc) is 2.61. The highest BCUT2D eigenvalue weighted by molar-refractivity contribution is 7.99. The number of thioether (sulfide) groups is 1. The molecule has 2 aromatic carbocycles. The zero-order valence-electron chi connectivity index (χ0n) is 19.8. The number of carbonyl (C=O) groups excluding carboxylic acids is 1. The standard InChI is InChI=1S/C26H37NO2S/c1-17-11-9-12-18(2)23(17)27-22(28)13-10-14-30-19-15-20(25(3,4)5)24(29)21(16-19)26(6,7)8/h9,11-12,15-16,29H,10,13-14H2,1-8H3,(H,27,28). The Morgan fingerprint density at radius 1 is 0.967 bits per heavy atom. The number of anilines is 1. The largest absolute Gasteiger partial charge is 0.507 e. The Labute approximate surface area is 186 Å². The van der Waals surface area contributed by atoms with Gasteiger partial charge in [-0.1, -0.05) is 59.7 Å². The van der Waals surface area contributed by atoms with Crippen molar-refractivity contribution in [2.75, 3.05) is 11.1 Å². The second-order valence-corrected chi connectivity index (χ2v) is 11.3. The van der Waals surface area contributed by atoms with E-state index in [1.165, 1.54) is 0 Å². The van der Waals surface area contributed by atoms with Gasteiger partial charge in [0.15, 0.2) is 0 Å². The summed E-state index contributed by atoms with van der Waals surface area (Å²) in [6.07, 6.45) is 1.30. The summed E-state index contributed by atoms with van der Waals surface area (Å²) in [5, 5.41) is 13.9. The molecule has 0 saturated heterocycles. The minimum atomic E-state index is -0.133. The van der Waals surface area contributed by atoms with E-state index in [9.17, 15) is 9.90 Å². The molecule has 0 radical (unpaired) electrons. The molecule has 0 heterocycles. The zero-order valence-corrected chi connectivity index (χ0v) is 20.6. The van der Waals surface area contributed by atoms with Crippen molar-refractivity contribution in [3.05, 3.63) is 52.6 Å². The van der Waals surface area contributed by atoms with E-state index < -0.39 is 0 Å². The number of nitrogens with one attached hydrogen (secondary N) is 1. The molecule has 0 unspecified atom stereocenters. The van der Waals surface area contributed by atoms with Gasteiger partial charge in [-0.25, -0.2) is 0 Å². The summed E-state index contributed by atoms with van der Waals surface area (Å²) in [5.74, 6) is 1.33. The van der Waals surface area contributed by atoms with Crippen LogP contribution in [0.25, 0.3) is 0 Å². The van der Waals surface area contributed by atoms with Crippen molar-refractivity contribution in [2.24, 2.45) is 0 Å². The van der Waals surface area contributed by atoms with Crippen LogP contribution in [-0.2, 0) is 15.6 Å². The molecular formula is C26H37NO2S. The lowest BCUT2D eigenvalue weighted by Gasteiger charge is -2.28. The highest BCUT2D eigenvalue weighted by atomic mass is 32.2. The minimum Gasteiger partial charge on any atom is -0.507 e. The molecule has 0 aliphatic heterocycles. The molecule has 0 saturated carbocycles. The van der Waals surface area contributed by atoms with E-state index in [-0.39, 0.29) is 16.7 Å². The fraction of sp³-hybridized carbons (Fsp3) is 0.500. The van der Waals surface area contributed by atoms with Crippen LogP contribution in [0.3, 0.4) is 0 Å². The number of para-hydroxylation sites is 1. The molecule has 0 fully saturated rings. The normalized spacial score (nSPS) is 12.1. The van der Waals surface area contributed by atoms with E-state index in [1.807, 2.05) is 32.0 Å². The second-order valence-electron chi connectivity index (χ2n) is 10.1. The lowest BCUT2D eigenvalue weighted by Crippen LogP contribution is -2.17. The molecule has 2 aromatic rings. The summed E-state index contributed by atoms with van der Waals surface area (Å²) < 4.78 is 0. The molecule has 0 aliphatic carbocycles. The second kappa shape index (κ2) is 9.47. The van der Waals surface area contributed by atoms with Gasteiger partial charge in [0.2, 0.25) is 5.91 Å². The van der Waals surface area contributed by atoms with Crippen molar-refractivity contribution in [2.45, 2.75) is 84.0 Å². The Bertz CT molecular complexity index is 849. The van der Waals surface area contributed by atoms with E-state index in [2.05, 4.69) is 59.0 Å². The third-order valence-electron chi connectivity index (χ3n) is 5.26. The topological polar surface area (TPSA) is 49.3 Å². The zero-order chi connectivity index (χ0) is 22.7. The molecule has 4 heteroatoms. The van der Waals surface area contributed by atoms with Crippen LogP contribution in [0.15, 0.2) is 35.2 Å². The molecule has 2 N–H and O–H groups in total. The van der Waals surface area contributed by atoms with Crippen LogP contribution in [0.2, 0.25) is 0 Å². The summed E-state index contributed by atoms with van der Waals surface area (Å²) in [6.45, 7) is 16.8. The highest BCUT2D eigenvalue weighted by Gasteiger charge is 2.26. The minimum absolute atomic E-state index is 0.0597. The van der Waals surface area contributed by atoms with Crippen LogP contribution in [0.4, 0.5) is 5.69 Å². The fourth-order valence-electron chi connectivity index (χ4n) is 3.47. The van der Waals surface area contributed by atoms with Gasteiger partial charge in [-0.2, -0.15) is 0 Å². The van der Waals surface area contributed by atoms with Gasteiger partial charge in [0.1, 0.15) is 5.75 Å². The number of aromatic hydroxyl groups is 1. The van der Waals surface area contributed by atoms with Crippen molar-refractivity contribution in [1.29, 1.82) is 0 Å². The number of phenols is 1. The number of aryl methyl sites for hydroxylation is 2. The lowest BCUT2D eigenvalue weighted by molar-refractivity contribution is -0.116. The maximum atomic E-state index is 12.4. The molecule has 0 aromatic heterocycles. The smallest absolute Gasteiger partial charge is 0.224 e. The molecule has 2 rings (SSSR count). The number of phenolic OH excluding ortho intramolecular Hbond substituents is 1. The number of rotatable bonds is 6. The van der Waals surface area contributed by atoms with Crippen LogP contribution >= 0.6 is 11.8 Å². The number of hydrogen-bond acceptors (Lipinski definition) is 3. The van der Waals surface area contributed by atoms with Crippen LogP contribution in [0, 0.1) is 13.8 Å². The van der Waals surface area contributed by atoms with Crippen LogP contribution in [-0.4, -0.2) is 16.8 Å². The Kier molecular flexibility index (Phi) is 7.68. The molecule has 0 bridgehead atoms. The average molecular weight is 428 g/mol. The molecule has 1 amide bonds. The molecular weight excluding hydrogens is 390 g/mol. The first-order chi connectivity index (χ1) is 13.8. The van der Waals surface area contributed by atoms with Crippen molar-refractivity contribution in [3.63, 3.8) is 0 Å². The number of benzene rings is 2. The quantitative estimate of drug-likeness (QED) is 0.381. The fourth-order valence-corrected chi connectivity index (χ4v) is 4.40. The summed E-state index contributed by atoms with van der Waals surface area (Å²) in [4.78, 5) is 13.5. The van der Waals surface area contributed by atoms with Crippen LogP contribution in [0.1, 0.15) is 76.6 Å². The van der Waals surface area contributed by atoms with Gasteiger partial charge in [-0.15, -0.1) is 11.8 Å². The summed E-state index contributed by atoms with van der Waals surface area (Å²) >= 11 is 1.75. The van der Waals surface area contributed by atoms with Gasteiger partial charge in [0.05, 0.1) is 0 Å². The van der Waals surface area contributed by atoms with E-state index in [4.69, 9.17) is 0 Å². The summed E-state index contributed by atoms with van der Waals surface area (Å²) in [7, 11) is 0. The molecule has 0 atom stereocenters. The first-order valence-electron chi connectivity index (χ1n) is 10.7. The van der Waals surface area contributed by atoms with Gasteiger partial charge in [-0.3, -0.25) is 4.79 Å². The monoisotopic (exact) mass is 427 g/mol. The Hall–Kier alpha value is -1.94. The Morgan fingerprint density at radius 3 is 1.93 bits per heavy atom. The molecule has 164 valence electrons. The highest BCUT2D eigenvalue weighted by Crippen LogP contribution is 2.41. The van der Waals surface area contributed by atoms with E-state index in [0.29, 0.717) is 12.2 Å². The Morgan fingerprint density at radius 2 is 1.47 bits per heavy atom. The molecule has 3 nitrogen and oxygen atoms in total. The lowest BCUT2D eigenvalue weighted by atomic mass is 9.79. The SMILES string of the molecule is Cc1cccc(C)c1NC(=O)CCCSc1cc(C(C)(C)C)c(O)c(C(C)(C)C)c1. The maximum absolute atomic E-state index is 12.4. The summed E-state index contributed by atoms with van der Waals surface area (Å²) in [6, 6.07) is 10.2. The van der Waals surface area contributed by atoms with Gasteiger partial charge < -0.3 is 10.4 Å². The van der Waals surface area contributed by atoms with E-state index in [1.54, 1.807) is 11.8 Å². The molecule has 0 aliphatic rings. The maximum Gasteiger partial charge on any atom is 0.224 e. The number of carbonyl (C=O) groups is 1.